The van der Waals surface area contributed by atoms with Crippen molar-refractivity contribution in [2.45, 2.75) is 13.8 Å². The second kappa shape index (κ2) is 6.00. The molecule has 0 unspecified atom stereocenters. The molecule has 6 heteroatoms. The normalized spacial score (nSPS) is 9.87. The molecule has 0 bridgehead atoms. The lowest BCUT2D eigenvalue weighted by Crippen LogP contribution is -2.37. The number of Topliss-reactive ketones (excluding diaryl/α,β-unsaturated/α-hetero) is 1. The van der Waals surface area contributed by atoms with Gasteiger partial charge >= 0.3 is 0 Å². The van der Waals surface area contributed by atoms with Crippen LogP contribution in [-0.4, -0.2) is 42.7 Å². The van der Waals surface area contributed by atoms with Crippen LogP contribution in [0.1, 0.15) is 13.8 Å². The Morgan fingerprint density at radius 3 is 2.27 bits per heavy atom. The number of nitrogens with two attached hydrogens (primary N) is 2. The Morgan fingerprint density at radius 1 is 1.33 bits per heavy atom. The third-order valence-corrected chi connectivity index (χ3v) is 1.81. The van der Waals surface area contributed by atoms with E-state index in [9.17, 15) is 9.59 Å². The Kier molecular flexibility index (Phi) is 5.36. The Labute approximate surface area is 89.3 Å². The van der Waals surface area contributed by atoms with Gasteiger partial charge in [-0.15, -0.1) is 0 Å². The number of aliphatic imine (C=N–C) groups is 1. The zero-order valence-electron chi connectivity index (χ0n) is 9.36. The van der Waals surface area contributed by atoms with Crippen molar-refractivity contribution in [2.75, 3.05) is 20.1 Å². The van der Waals surface area contributed by atoms with Crippen LogP contribution >= 0.6 is 0 Å². The number of carbonyl (C=O) groups excluding carboxylic acids is 2. The fraction of sp³-hybridized carbons (Fsp3) is 0.667. The molecular formula is C9H18N4O2. The Hall–Kier alpha value is -1.59. The van der Waals surface area contributed by atoms with Crippen LogP contribution in [-0.2, 0) is 9.59 Å². The number of rotatable bonds is 5. The van der Waals surface area contributed by atoms with E-state index >= 15 is 0 Å². The van der Waals surface area contributed by atoms with Crippen LogP contribution in [0.3, 0.4) is 0 Å². The zero-order valence-corrected chi connectivity index (χ0v) is 9.36. The summed E-state index contributed by atoms with van der Waals surface area (Å²) >= 11 is 0. The first-order chi connectivity index (χ1) is 6.86. The van der Waals surface area contributed by atoms with Gasteiger partial charge in [-0.3, -0.25) is 14.6 Å². The molecule has 86 valence electrons. The molecule has 0 saturated heterocycles. The molecule has 0 fully saturated rings. The van der Waals surface area contributed by atoms with Crippen LogP contribution in [0.25, 0.3) is 0 Å². The molecule has 0 aliphatic carbocycles. The largest absolute Gasteiger partial charge is 0.370 e. The highest BCUT2D eigenvalue weighted by atomic mass is 16.2. The number of ketones is 1. The summed E-state index contributed by atoms with van der Waals surface area (Å²) in [6.07, 6.45) is 0. The first-order valence-corrected chi connectivity index (χ1v) is 4.71. The number of nitrogens with zero attached hydrogens (tertiary/aromatic N) is 2. The lowest BCUT2D eigenvalue weighted by atomic mass is 10.1. The van der Waals surface area contributed by atoms with Gasteiger partial charge in [-0.05, 0) is 0 Å². The summed E-state index contributed by atoms with van der Waals surface area (Å²) in [5.74, 6) is -1.22. The number of amides is 1. The molecule has 0 aliphatic rings. The third kappa shape index (κ3) is 4.99. The van der Waals surface area contributed by atoms with E-state index in [1.165, 1.54) is 4.90 Å². The van der Waals surface area contributed by atoms with Crippen LogP contribution in [0.2, 0.25) is 0 Å². The van der Waals surface area contributed by atoms with Crippen LogP contribution < -0.4 is 11.5 Å². The van der Waals surface area contributed by atoms with Crippen LogP contribution in [0.5, 0.6) is 0 Å². The second-order valence-corrected chi connectivity index (χ2v) is 3.55. The quantitative estimate of drug-likeness (QED) is 0.346. The number of hydrogen-bond acceptors (Lipinski definition) is 3. The van der Waals surface area contributed by atoms with Gasteiger partial charge in [0, 0.05) is 19.5 Å². The fourth-order valence-corrected chi connectivity index (χ4v) is 0.866. The van der Waals surface area contributed by atoms with Crippen molar-refractivity contribution in [3.63, 3.8) is 0 Å². The fourth-order valence-electron chi connectivity index (χ4n) is 0.866. The minimum Gasteiger partial charge on any atom is -0.370 e. The standard InChI is InChI=1S/C9H18N4O2/c1-6(2)7(14)8(15)13(3)5-4-12-9(10)11/h6H,4-5H2,1-3H3,(H4,10,11,12). The molecule has 0 aromatic rings. The maximum absolute atomic E-state index is 11.4. The summed E-state index contributed by atoms with van der Waals surface area (Å²) in [7, 11) is 1.55. The molecule has 0 spiro atoms. The maximum Gasteiger partial charge on any atom is 0.290 e. The molecule has 0 radical (unpaired) electrons. The SMILES string of the molecule is CC(C)C(=O)C(=O)N(C)CCN=C(N)N. The Morgan fingerprint density at radius 2 is 1.87 bits per heavy atom. The van der Waals surface area contributed by atoms with Crippen molar-refractivity contribution in [1.82, 2.24) is 4.90 Å². The van der Waals surface area contributed by atoms with E-state index in [1.807, 2.05) is 0 Å². The van der Waals surface area contributed by atoms with E-state index < -0.39 is 11.7 Å². The summed E-state index contributed by atoms with van der Waals surface area (Å²) in [6, 6.07) is 0. The molecule has 0 aliphatic heterocycles. The van der Waals surface area contributed by atoms with Gasteiger partial charge in [0.2, 0.25) is 5.78 Å². The highest BCUT2D eigenvalue weighted by Crippen LogP contribution is 1.98. The van der Waals surface area contributed by atoms with Gasteiger partial charge in [-0.1, -0.05) is 13.8 Å². The summed E-state index contributed by atoms with van der Waals surface area (Å²) in [4.78, 5) is 27.8. The van der Waals surface area contributed by atoms with E-state index in [2.05, 4.69) is 4.99 Å². The minimum atomic E-state index is -0.504. The summed E-state index contributed by atoms with van der Waals surface area (Å²) in [6.45, 7) is 4.00. The molecule has 0 heterocycles. The lowest BCUT2D eigenvalue weighted by molar-refractivity contribution is -0.145. The van der Waals surface area contributed by atoms with Crippen LogP contribution in [0.15, 0.2) is 4.99 Å². The lowest BCUT2D eigenvalue weighted by Gasteiger charge is -2.15. The number of hydrogen-bond donors (Lipinski definition) is 2. The van der Waals surface area contributed by atoms with Crippen LogP contribution in [0, 0.1) is 5.92 Å². The molecular weight excluding hydrogens is 196 g/mol. The van der Waals surface area contributed by atoms with Gasteiger partial charge in [0.1, 0.15) is 0 Å². The summed E-state index contributed by atoms with van der Waals surface area (Å²) in [5, 5.41) is 0. The van der Waals surface area contributed by atoms with Gasteiger partial charge in [0.25, 0.3) is 5.91 Å². The van der Waals surface area contributed by atoms with Crippen LogP contribution in [0.4, 0.5) is 0 Å². The Bertz CT molecular complexity index is 269. The molecule has 15 heavy (non-hydrogen) atoms. The van der Waals surface area contributed by atoms with E-state index in [-0.39, 0.29) is 11.9 Å². The molecule has 0 saturated carbocycles. The van der Waals surface area contributed by atoms with Crippen molar-refractivity contribution >= 4 is 17.6 Å². The summed E-state index contributed by atoms with van der Waals surface area (Å²) < 4.78 is 0. The average Bonchev–Trinajstić information content (AvgIpc) is 2.14. The number of guanidine groups is 1. The average molecular weight is 214 g/mol. The van der Waals surface area contributed by atoms with Gasteiger partial charge in [-0.25, -0.2) is 0 Å². The topological polar surface area (TPSA) is 102 Å². The Balaban J connectivity index is 4.11. The van der Waals surface area contributed by atoms with Gasteiger partial charge in [0.15, 0.2) is 5.96 Å². The number of carbonyl (C=O) groups is 2. The predicted molar refractivity (Wildman–Crippen MR) is 58.2 cm³/mol. The van der Waals surface area contributed by atoms with Gasteiger partial charge in [-0.2, -0.15) is 0 Å². The van der Waals surface area contributed by atoms with Crippen molar-refractivity contribution in [2.24, 2.45) is 22.4 Å². The summed E-state index contributed by atoms with van der Waals surface area (Å²) in [5.41, 5.74) is 10.2. The van der Waals surface area contributed by atoms with Gasteiger partial charge < -0.3 is 16.4 Å². The van der Waals surface area contributed by atoms with Crippen molar-refractivity contribution < 1.29 is 9.59 Å². The third-order valence-electron chi connectivity index (χ3n) is 1.81. The van der Waals surface area contributed by atoms with Crippen molar-refractivity contribution in [1.29, 1.82) is 0 Å². The molecule has 1 amide bonds. The first kappa shape index (κ1) is 13.4. The highest BCUT2D eigenvalue weighted by Gasteiger charge is 2.20. The maximum atomic E-state index is 11.4. The van der Waals surface area contributed by atoms with E-state index in [1.54, 1.807) is 20.9 Å². The smallest absolute Gasteiger partial charge is 0.290 e. The molecule has 0 atom stereocenters. The van der Waals surface area contributed by atoms with E-state index in [0.717, 1.165) is 0 Å². The second-order valence-electron chi connectivity index (χ2n) is 3.55. The van der Waals surface area contributed by atoms with E-state index in [0.29, 0.717) is 13.1 Å². The molecule has 4 N–H and O–H groups in total. The highest BCUT2D eigenvalue weighted by molar-refractivity contribution is 6.36. The van der Waals surface area contributed by atoms with Crippen molar-refractivity contribution in [3.8, 4) is 0 Å². The molecule has 0 aromatic carbocycles. The molecule has 0 aromatic heterocycles. The molecule has 6 nitrogen and oxygen atoms in total. The first-order valence-electron chi connectivity index (χ1n) is 4.71. The number of likely N-dealkylation sites (N-methyl/N-ethyl adjacent to an activating group) is 1. The van der Waals surface area contributed by atoms with Crippen molar-refractivity contribution in [3.05, 3.63) is 0 Å². The molecule has 0 rings (SSSR count). The predicted octanol–water partition coefficient (Wildman–Crippen LogP) is -1.06. The zero-order chi connectivity index (χ0) is 12.0. The monoisotopic (exact) mass is 214 g/mol. The van der Waals surface area contributed by atoms with E-state index in [4.69, 9.17) is 11.5 Å². The minimum absolute atomic E-state index is 0.0222. The van der Waals surface area contributed by atoms with Gasteiger partial charge in [0.05, 0.1) is 6.54 Å².